The van der Waals surface area contributed by atoms with Crippen LogP contribution in [0.15, 0.2) is 91.0 Å². The van der Waals surface area contributed by atoms with Crippen molar-refractivity contribution in [2.45, 2.75) is 38.6 Å². The van der Waals surface area contributed by atoms with Gasteiger partial charge in [-0.25, -0.2) is 0 Å². The number of rotatable bonds is 7. The summed E-state index contributed by atoms with van der Waals surface area (Å²) in [4.78, 5) is 0. The van der Waals surface area contributed by atoms with Crippen molar-refractivity contribution in [2.75, 3.05) is 0 Å². The van der Waals surface area contributed by atoms with Gasteiger partial charge < -0.3 is 4.43 Å². The van der Waals surface area contributed by atoms with Gasteiger partial charge in [-0.3, -0.25) is 0 Å². The lowest BCUT2D eigenvalue weighted by Crippen LogP contribution is -2.70. The molecule has 2 nitrogen and oxygen atoms in total. The van der Waals surface area contributed by atoms with Crippen molar-refractivity contribution in [3.8, 4) is 17.5 Å². The largest absolute Gasteiger partial charge is 0.399 e. The highest BCUT2D eigenvalue weighted by molar-refractivity contribution is 7.07. The van der Waals surface area contributed by atoms with Gasteiger partial charge >= 0.3 is 0 Å². The summed E-state index contributed by atoms with van der Waals surface area (Å²) >= 11 is 0. The smallest absolute Gasteiger partial charge is 0.288 e. The SMILES string of the molecule is C[Si](C)(C)C#CC[C@@H](CC#N)O[Si](c1ccccc1)(c1ccccc1)c1ccccc1. The topological polar surface area (TPSA) is 33.0 Å². The molecule has 1 atom stereocenters. The van der Waals surface area contributed by atoms with E-state index in [-0.39, 0.29) is 6.10 Å². The normalized spacial score (nSPS) is 12.3. The molecule has 0 radical (unpaired) electrons. The van der Waals surface area contributed by atoms with Crippen molar-refractivity contribution in [3.05, 3.63) is 91.0 Å². The third kappa shape index (κ3) is 5.84. The van der Waals surface area contributed by atoms with E-state index in [0.717, 1.165) is 0 Å². The van der Waals surface area contributed by atoms with Crippen LogP contribution in [-0.4, -0.2) is 22.5 Å². The van der Waals surface area contributed by atoms with E-state index in [9.17, 15) is 5.26 Å². The molecular formula is C27H29NOSi2. The van der Waals surface area contributed by atoms with E-state index in [2.05, 4.69) is 110 Å². The molecule has 0 spiro atoms. The van der Waals surface area contributed by atoms with Gasteiger partial charge in [0.15, 0.2) is 0 Å². The van der Waals surface area contributed by atoms with Crippen molar-refractivity contribution < 1.29 is 4.43 Å². The third-order valence-electron chi connectivity index (χ3n) is 5.00. The second-order valence-electron chi connectivity index (χ2n) is 8.64. The summed E-state index contributed by atoms with van der Waals surface area (Å²) < 4.78 is 7.08. The molecule has 31 heavy (non-hydrogen) atoms. The third-order valence-corrected chi connectivity index (χ3v) is 10.0. The number of hydrogen-bond acceptors (Lipinski definition) is 2. The van der Waals surface area contributed by atoms with Crippen molar-refractivity contribution in [3.63, 3.8) is 0 Å². The quantitative estimate of drug-likeness (QED) is 0.314. The van der Waals surface area contributed by atoms with Crippen molar-refractivity contribution in [2.24, 2.45) is 0 Å². The van der Waals surface area contributed by atoms with Crippen LogP contribution in [0.4, 0.5) is 0 Å². The molecule has 0 aliphatic carbocycles. The highest BCUT2D eigenvalue weighted by Crippen LogP contribution is 2.16. The lowest BCUT2D eigenvalue weighted by Gasteiger charge is -2.35. The molecule has 0 N–H and O–H groups in total. The second-order valence-corrected chi connectivity index (χ2v) is 16.7. The Morgan fingerprint density at radius 3 is 1.48 bits per heavy atom. The highest BCUT2D eigenvalue weighted by atomic mass is 28.4. The molecule has 0 heterocycles. The van der Waals surface area contributed by atoms with E-state index in [4.69, 9.17) is 4.43 Å². The van der Waals surface area contributed by atoms with Gasteiger partial charge in [-0.1, -0.05) is 111 Å². The van der Waals surface area contributed by atoms with Gasteiger partial charge in [0.25, 0.3) is 8.32 Å². The Labute approximate surface area is 188 Å². The Morgan fingerprint density at radius 2 is 1.13 bits per heavy atom. The van der Waals surface area contributed by atoms with E-state index in [1.54, 1.807) is 0 Å². The predicted octanol–water partition coefficient (Wildman–Crippen LogP) is 4.22. The van der Waals surface area contributed by atoms with Crippen LogP contribution < -0.4 is 15.6 Å². The molecule has 0 aliphatic heterocycles. The van der Waals surface area contributed by atoms with Crippen LogP contribution in [0.3, 0.4) is 0 Å². The van der Waals surface area contributed by atoms with Gasteiger partial charge in [-0.05, 0) is 15.6 Å². The van der Waals surface area contributed by atoms with Crippen LogP contribution in [0.25, 0.3) is 0 Å². The number of hydrogen-bond donors (Lipinski definition) is 0. The molecule has 0 bridgehead atoms. The molecule has 156 valence electrons. The molecule has 4 heteroatoms. The molecule has 0 fully saturated rings. The van der Waals surface area contributed by atoms with Crippen LogP contribution in [0.1, 0.15) is 12.8 Å². The Balaban J connectivity index is 2.16. The fraction of sp³-hybridized carbons (Fsp3) is 0.222. The highest BCUT2D eigenvalue weighted by Gasteiger charge is 2.43. The van der Waals surface area contributed by atoms with E-state index in [1.165, 1.54) is 15.6 Å². The van der Waals surface area contributed by atoms with Gasteiger partial charge in [-0.2, -0.15) is 5.26 Å². The average Bonchev–Trinajstić information content (AvgIpc) is 2.78. The number of nitriles is 1. The number of nitrogens with zero attached hydrogens (tertiary/aromatic N) is 1. The molecule has 0 unspecified atom stereocenters. The minimum Gasteiger partial charge on any atom is -0.399 e. The van der Waals surface area contributed by atoms with Crippen LogP contribution >= 0.6 is 0 Å². The monoisotopic (exact) mass is 439 g/mol. The lowest BCUT2D eigenvalue weighted by molar-refractivity contribution is 0.214. The van der Waals surface area contributed by atoms with Gasteiger partial charge in [0.1, 0.15) is 8.07 Å². The molecule has 0 saturated carbocycles. The molecule has 0 amide bonds. The Hall–Kier alpha value is -2.90. The molecule has 0 aromatic heterocycles. The molecular weight excluding hydrogens is 410 g/mol. The molecule has 3 aromatic rings. The number of benzene rings is 3. The Kier molecular flexibility index (Phi) is 7.66. The van der Waals surface area contributed by atoms with E-state index in [0.29, 0.717) is 12.8 Å². The Morgan fingerprint density at radius 1 is 0.710 bits per heavy atom. The van der Waals surface area contributed by atoms with Crippen molar-refractivity contribution >= 4 is 32.0 Å². The van der Waals surface area contributed by atoms with Crippen molar-refractivity contribution in [1.29, 1.82) is 5.26 Å². The zero-order chi connectivity index (χ0) is 22.2. The van der Waals surface area contributed by atoms with E-state index >= 15 is 0 Å². The predicted molar refractivity (Wildman–Crippen MR) is 135 cm³/mol. The first-order chi connectivity index (χ1) is 15.0. The summed E-state index contributed by atoms with van der Waals surface area (Å²) in [5, 5.41) is 13.1. The molecule has 3 rings (SSSR count). The van der Waals surface area contributed by atoms with Crippen LogP contribution in [-0.2, 0) is 4.43 Å². The lowest BCUT2D eigenvalue weighted by atomic mass is 10.2. The van der Waals surface area contributed by atoms with E-state index < -0.39 is 16.4 Å². The summed E-state index contributed by atoms with van der Waals surface area (Å²) in [6.07, 6.45) is 0.641. The van der Waals surface area contributed by atoms with Gasteiger partial charge in [0.2, 0.25) is 0 Å². The summed E-state index contributed by atoms with van der Waals surface area (Å²) in [5.41, 5.74) is 3.43. The minimum atomic E-state index is -2.83. The average molecular weight is 440 g/mol. The van der Waals surface area contributed by atoms with Crippen LogP contribution in [0.2, 0.25) is 19.6 Å². The Bertz CT molecular complexity index is 962. The molecule has 3 aromatic carbocycles. The zero-order valence-corrected chi connectivity index (χ0v) is 20.5. The van der Waals surface area contributed by atoms with Crippen LogP contribution in [0.5, 0.6) is 0 Å². The fourth-order valence-corrected chi connectivity index (χ4v) is 8.35. The summed E-state index contributed by atoms with van der Waals surface area (Å²) in [6, 6.07) is 33.8. The molecule has 0 aliphatic rings. The first-order valence-electron chi connectivity index (χ1n) is 10.7. The maximum absolute atomic E-state index is 9.55. The first kappa shape index (κ1) is 22.8. The minimum absolute atomic E-state index is 0.249. The van der Waals surface area contributed by atoms with Crippen LogP contribution in [0, 0.1) is 22.8 Å². The zero-order valence-electron chi connectivity index (χ0n) is 18.5. The maximum atomic E-state index is 9.55. The summed E-state index contributed by atoms with van der Waals surface area (Å²) in [6.45, 7) is 6.70. The standard InChI is InChI=1S/C27H29NOSi2/c1-30(2,3)23-13-14-24(21-22-28)29-31(25-15-7-4-8-16-25,26-17-9-5-10-18-26)27-19-11-6-12-20-27/h4-12,15-20,24H,14,21H2,1-3H3/t24-/m0/s1. The van der Waals surface area contributed by atoms with Crippen molar-refractivity contribution in [1.82, 2.24) is 0 Å². The van der Waals surface area contributed by atoms with Gasteiger partial charge in [-0.15, -0.1) is 11.5 Å². The maximum Gasteiger partial charge on any atom is 0.288 e. The van der Waals surface area contributed by atoms with E-state index in [1.807, 2.05) is 18.2 Å². The first-order valence-corrected chi connectivity index (χ1v) is 16.1. The van der Waals surface area contributed by atoms with Gasteiger partial charge in [0.05, 0.1) is 18.6 Å². The fourth-order valence-electron chi connectivity index (χ4n) is 3.66. The van der Waals surface area contributed by atoms with Gasteiger partial charge in [0, 0.05) is 6.42 Å². The molecule has 0 saturated heterocycles. The summed E-state index contributed by atoms with van der Waals surface area (Å²) in [5.74, 6) is 3.35. The second kappa shape index (κ2) is 10.4. The summed E-state index contributed by atoms with van der Waals surface area (Å²) in [7, 11) is -4.31.